The van der Waals surface area contributed by atoms with Gasteiger partial charge < -0.3 is 60.2 Å². The zero-order valence-electron chi connectivity index (χ0n) is 25.7. The SMILES string of the molecule is CCCCCCC(O)C/C=C/CCCCCCCC(=O)O[C@@]1(OC2(CO)O[C@H](CO)[C@@H](O)[C@@H]2O)O[C@H](CO)[C@@H](O)[C@H](O)[C@H]1O. The van der Waals surface area contributed by atoms with E-state index in [0.29, 0.717) is 19.3 Å². The molecule has 0 aromatic rings. The molecule has 0 radical (unpaired) electrons. The second-order valence-corrected chi connectivity index (χ2v) is 11.7. The highest BCUT2D eigenvalue weighted by Gasteiger charge is 2.65. The van der Waals surface area contributed by atoms with Crippen LogP contribution in [0.1, 0.15) is 90.4 Å². The predicted octanol–water partition coefficient (Wildman–Crippen LogP) is -0.516. The molecule has 0 amide bonds. The molecule has 0 saturated carbocycles. The molecule has 0 aromatic carbocycles. The highest BCUT2D eigenvalue weighted by molar-refractivity contribution is 5.69. The summed E-state index contributed by atoms with van der Waals surface area (Å²) in [6, 6.07) is 0. The van der Waals surface area contributed by atoms with E-state index in [1.54, 1.807) is 0 Å². The Morgan fingerprint density at radius 3 is 2.07 bits per heavy atom. The largest absolute Gasteiger partial charge is 0.405 e. The van der Waals surface area contributed by atoms with Crippen molar-refractivity contribution in [3.05, 3.63) is 12.2 Å². The Morgan fingerprint density at radius 2 is 1.43 bits per heavy atom. The van der Waals surface area contributed by atoms with Gasteiger partial charge in [-0.05, 0) is 32.1 Å². The lowest BCUT2D eigenvalue weighted by atomic mass is 9.97. The number of esters is 1. The molecule has 2 saturated heterocycles. The lowest BCUT2D eigenvalue weighted by Crippen LogP contribution is -2.70. The van der Waals surface area contributed by atoms with Crippen molar-refractivity contribution in [3.8, 4) is 0 Å². The summed E-state index contributed by atoms with van der Waals surface area (Å²) in [6.07, 6.45) is 1.23. The van der Waals surface area contributed by atoms with E-state index in [4.69, 9.17) is 18.9 Å². The highest BCUT2D eigenvalue weighted by Crippen LogP contribution is 2.41. The summed E-state index contributed by atoms with van der Waals surface area (Å²) in [5.74, 6) is -6.52. The van der Waals surface area contributed by atoms with Gasteiger partial charge in [-0.1, -0.05) is 64.0 Å². The zero-order valence-corrected chi connectivity index (χ0v) is 25.7. The fraction of sp³-hybridized carbons (Fsp3) is 0.900. The van der Waals surface area contributed by atoms with Crippen LogP contribution in [0.15, 0.2) is 12.2 Å². The summed E-state index contributed by atoms with van der Waals surface area (Å²) < 4.78 is 21.6. The summed E-state index contributed by atoms with van der Waals surface area (Å²) >= 11 is 0. The van der Waals surface area contributed by atoms with Crippen LogP contribution in [0.25, 0.3) is 0 Å². The fourth-order valence-corrected chi connectivity index (χ4v) is 5.36. The van der Waals surface area contributed by atoms with Gasteiger partial charge in [-0.15, -0.1) is 0 Å². The Balaban J connectivity index is 1.88. The number of ether oxygens (including phenoxy) is 4. The number of rotatable bonds is 21. The van der Waals surface area contributed by atoms with Crippen LogP contribution in [0.2, 0.25) is 0 Å². The van der Waals surface area contributed by atoms with Gasteiger partial charge in [-0.2, -0.15) is 0 Å². The van der Waals surface area contributed by atoms with Gasteiger partial charge in [0.2, 0.25) is 5.79 Å². The van der Waals surface area contributed by atoms with Crippen LogP contribution in [0, 0.1) is 0 Å². The average molecular weight is 639 g/mol. The minimum absolute atomic E-state index is 0.170. The summed E-state index contributed by atoms with van der Waals surface area (Å²) in [5.41, 5.74) is 0. The molecule has 0 aliphatic carbocycles. The molecule has 0 bridgehead atoms. The highest BCUT2D eigenvalue weighted by atomic mass is 16.9. The van der Waals surface area contributed by atoms with Crippen LogP contribution in [-0.2, 0) is 23.7 Å². The number of carbonyl (C=O) groups excluding carboxylic acids is 1. The Morgan fingerprint density at radius 1 is 0.795 bits per heavy atom. The molecule has 0 spiro atoms. The molecule has 2 unspecified atom stereocenters. The van der Waals surface area contributed by atoms with Gasteiger partial charge in [-0.25, -0.2) is 0 Å². The van der Waals surface area contributed by atoms with Gasteiger partial charge in [0.1, 0.15) is 43.2 Å². The Bertz CT molecular complexity index is 843. The van der Waals surface area contributed by atoms with Gasteiger partial charge in [0.05, 0.1) is 19.3 Å². The van der Waals surface area contributed by atoms with Gasteiger partial charge in [-0.3, -0.25) is 9.53 Å². The van der Waals surface area contributed by atoms with Crippen molar-refractivity contribution in [2.75, 3.05) is 19.8 Å². The first-order valence-corrected chi connectivity index (χ1v) is 15.8. The van der Waals surface area contributed by atoms with E-state index in [-0.39, 0.29) is 12.5 Å². The molecule has 2 rings (SSSR count). The standard InChI is InChI=1S/C30H54O14/c1-2-3-4-11-14-20(34)15-12-9-7-5-6-8-10-13-16-23(35)43-30(28(40)26(38)24(36)21(17-31)42-30)44-29(19-33)27(39)25(37)22(18-32)41-29/h9,12,20-22,24-28,31-34,36-40H,2-8,10-11,13-19H2,1H3/b12-9+/t20?,21-,22-,24-,25-,26+,27+,28-,29?,30+/m1/s1. The predicted molar refractivity (Wildman–Crippen MR) is 155 cm³/mol. The van der Waals surface area contributed by atoms with Crippen LogP contribution in [-0.4, -0.2) is 132 Å². The number of aliphatic hydroxyl groups is 9. The van der Waals surface area contributed by atoms with Gasteiger partial charge in [0, 0.05) is 6.42 Å². The summed E-state index contributed by atoms with van der Waals surface area (Å²) in [4.78, 5) is 12.9. The maximum Gasteiger partial charge on any atom is 0.362 e. The molecule has 258 valence electrons. The average Bonchev–Trinajstić information content (AvgIpc) is 3.25. The molecule has 0 aromatic heterocycles. The summed E-state index contributed by atoms with van der Waals surface area (Å²) in [6.45, 7) is -0.712. The molecule has 14 heteroatoms. The number of aliphatic hydroxyl groups excluding tert-OH is 9. The molecule has 2 fully saturated rings. The molecular formula is C30H54O14. The van der Waals surface area contributed by atoms with Gasteiger partial charge in [0.25, 0.3) is 0 Å². The Labute approximate surface area is 258 Å². The second kappa shape index (κ2) is 19.4. The fourth-order valence-electron chi connectivity index (χ4n) is 5.36. The van der Waals surface area contributed by atoms with E-state index in [0.717, 1.165) is 44.9 Å². The van der Waals surface area contributed by atoms with Crippen LogP contribution in [0.4, 0.5) is 0 Å². The molecule has 10 atom stereocenters. The maximum absolute atomic E-state index is 12.9. The molecule has 2 aliphatic heterocycles. The van der Waals surface area contributed by atoms with E-state index >= 15 is 0 Å². The normalized spacial score (nSPS) is 34.9. The zero-order chi connectivity index (χ0) is 32.8. The van der Waals surface area contributed by atoms with Crippen molar-refractivity contribution >= 4 is 5.97 Å². The lowest BCUT2D eigenvalue weighted by molar-refractivity contribution is -0.498. The topological polar surface area (TPSA) is 236 Å². The Kier molecular flexibility index (Phi) is 17.2. The first-order valence-electron chi connectivity index (χ1n) is 15.8. The van der Waals surface area contributed by atoms with E-state index in [1.165, 1.54) is 12.8 Å². The van der Waals surface area contributed by atoms with E-state index in [1.807, 2.05) is 6.08 Å². The summed E-state index contributed by atoms with van der Waals surface area (Å²) in [7, 11) is 0. The second-order valence-electron chi connectivity index (χ2n) is 11.7. The van der Waals surface area contributed by atoms with Crippen LogP contribution in [0.3, 0.4) is 0 Å². The number of allylic oxidation sites excluding steroid dienone is 1. The van der Waals surface area contributed by atoms with Crippen LogP contribution < -0.4 is 0 Å². The monoisotopic (exact) mass is 638 g/mol. The molecule has 9 N–H and O–H groups in total. The quantitative estimate of drug-likeness (QED) is 0.0333. The number of carbonyl (C=O) groups is 1. The van der Waals surface area contributed by atoms with Crippen molar-refractivity contribution in [2.45, 2.75) is 151 Å². The van der Waals surface area contributed by atoms with Gasteiger partial charge >= 0.3 is 11.9 Å². The van der Waals surface area contributed by atoms with Gasteiger partial charge in [0.15, 0.2) is 6.10 Å². The molecule has 14 nitrogen and oxygen atoms in total. The van der Waals surface area contributed by atoms with Crippen molar-refractivity contribution in [3.63, 3.8) is 0 Å². The first kappa shape index (κ1) is 38.9. The third-order valence-corrected chi connectivity index (χ3v) is 8.11. The van der Waals surface area contributed by atoms with Crippen molar-refractivity contribution < 1.29 is 69.7 Å². The number of unbranched alkanes of at least 4 members (excludes halogenated alkanes) is 8. The molecular weight excluding hydrogens is 584 g/mol. The minimum Gasteiger partial charge on any atom is -0.405 e. The molecule has 44 heavy (non-hydrogen) atoms. The van der Waals surface area contributed by atoms with E-state index in [2.05, 4.69) is 13.0 Å². The van der Waals surface area contributed by atoms with Crippen molar-refractivity contribution in [2.24, 2.45) is 0 Å². The molecule has 2 heterocycles. The minimum atomic E-state index is -2.98. The van der Waals surface area contributed by atoms with Crippen molar-refractivity contribution in [1.82, 2.24) is 0 Å². The Hall–Kier alpha value is -1.27. The van der Waals surface area contributed by atoms with Crippen molar-refractivity contribution in [1.29, 1.82) is 0 Å². The van der Waals surface area contributed by atoms with E-state index < -0.39 is 80.3 Å². The lowest BCUT2D eigenvalue weighted by Gasteiger charge is -2.49. The number of hydrogen-bond acceptors (Lipinski definition) is 14. The maximum atomic E-state index is 12.9. The number of hydrogen-bond donors (Lipinski definition) is 9. The van der Waals surface area contributed by atoms with Crippen LogP contribution in [0.5, 0.6) is 0 Å². The molecule has 2 aliphatic rings. The van der Waals surface area contributed by atoms with Crippen LogP contribution >= 0.6 is 0 Å². The van der Waals surface area contributed by atoms with E-state index in [9.17, 15) is 50.8 Å². The smallest absolute Gasteiger partial charge is 0.362 e. The summed E-state index contributed by atoms with van der Waals surface area (Å²) in [5, 5.41) is 91.4. The third-order valence-electron chi connectivity index (χ3n) is 8.11. The third kappa shape index (κ3) is 10.6. The first-order chi connectivity index (χ1) is 21.0.